The van der Waals surface area contributed by atoms with Gasteiger partial charge in [-0.2, -0.15) is 0 Å². The second kappa shape index (κ2) is 9.01. The molecule has 4 nitrogen and oxygen atoms in total. The van der Waals surface area contributed by atoms with Gasteiger partial charge in [-0.1, -0.05) is 35.4 Å². The number of aromatic hydroxyl groups is 1. The smallest absolute Gasteiger partial charge is 0.251 e. The molecule has 5 heteroatoms. The number of benzene rings is 1. The highest BCUT2D eigenvalue weighted by molar-refractivity contribution is 14.1. The van der Waals surface area contributed by atoms with E-state index in [1.807, 2.05) is 0 Å². The fourth-order valence-corrected chi connectivity index (χ4v) is 2.25. The van der Waals surface area contributed by atoms with Crippen LogP contribution >= 0.6 is 22.6 Å². The fourth-order valence-electron chi connectivity index (χ4n) is 1.71. The number of ether oxygens (including phenoxy) is 1. The molecule has 0 aliphatic carbocycles. The number of hydrogen-bond acceptors (Lipinski definition) is 3. The Bertz CT molecular complexity index is 410. The van der Waals surface area contributed by atoms with Crippen molar-refractivity contribution in [3.05, 3.63) is 23.8 Å². The Morgan fingerprint density at radius 2 is 2.05 bits per heavy atom. The van der Waals surface area contributed by atoms with Crippen LogP contribution in [0.2, 0.25) is 0 Å². The lowest BCUT2D eigenvalue weighted by molar-refractivity contribution is 0.0952. The molecule has 2 N–H and O–H groups in total. The normalized spacial score (nSPS) is 10.2. The molecule has 0 fully saturated rings. The Labute approximate surface area is 127 Å². The zero-order chi connectivity index (χ0) is 14.1. The molecule has 0 atom stereocenters. The van der Waals surface area contributed by atoms with Crippen molar-refractivity contribution in [1.82, 2.24) is 5.32 Å². The highest BCUT2D eigenvalue weighted by atomic mass is 127. The molecule has 1 aromatic rings. The van der Waals surface area contributed by atoms with E-state index in [1.54, 1.807) is 12.1 Å². The van der Waals surface area contributed by atoms with Gasteiger partial charge in [0.1, 0.15) is 0 Å². The number of carbonyl (C=O) groups excluding carboxylic acids is 1. The van der Waals surface area contributed by atoms with Gasteiger partial charge in [-0.25, -0.2) is 0 Å². The van der Waals surface area contributed by atoms with Crippen LogP contribution in [0.15, 0.2) is 18.2 Å². The fraction of sp³-hybridized carbons (Fsp3) is 0.500. The van der Waals surface area contributed by atoms with Crippen molar-refractivity contribution in [2.75, 3.05) is 18.1 Å². The third-order valence-corrected chi connectivity index (χ3v) is 3.55. The maximum Gasteiger partial charge on any atom is 0.251 e. The SMILES string of the molecule is COc1ccc(C(=O)NCCCCCCI)cc1O. The van der Waals surface area contributed by atoms with Gasteiger partial charge in [0.15, 0.2) is 11.5 Å². The van der Waals surface area contributed by atoms with Gasteiger partial charge in [0.25, 0.3) is 5.91 Å². The van der Waals surface area contributed by atoms with Crippen LogP contribution in [0, 0.1) is 0 Å². The summed E-state index contributed by atoms with van der Waals surface area (Å²) in [6, 6.07) is 4.65. The minimum Gasteiger partial charge on any atom is -0.504 e. The van der Waals surface area contributed by atoms with Gasteiger partial charge in [-0.3, -0.25) is 4.79 Å². The molecular weight excluding hydrogens is 357 g/mol. The molecule has 1 aromatic carbocycles. The van der Waals surface area contributed by atoms with Gasteiger partial charge < -0.3 is 15.2 Å². The van der Waals surface area contributed by atoms with E-state index in [1.165, 1.54) is 30.4 Å². The number of alkyl halides is 1. The third-order valence-electron chi connectivity index (χ3n) is 2.79. The van der Waals surface area contributed by atoms with Crippen LogP contribution in [-0.2, 0) is 0 Å². The quantitative estimate of drug-likeness (QED) is 0.416. The van der Waals surface area contributed by atoms with Crippen LogP contribution in [0.1, 0.15) is 36.0 Å². The molecular formula is C14H20INO3. The van der Waals surface area contributed by atoms with E-state index in [9.17, 15) is 9.90 Å². The number of phenols is 1. The summed E-state index contributed by atoms with van der Waals surface area (Å²) in [7, 11) is 1.48. The second-order valence-electron chi connectivity index (χ2n) is 4.25. The summed E-state index contributed by atoms with van der Waals surface area (Å²) in [4.78, 5) is 11.8. The number of hydrogen-bond donors (Lipinski definition) is 2. The molecule has 0 aromatic heterocycles. The van der Waals surface area contributed by atoms with Crippen LogP contribution in [0.25, 0.3) is 0 Å². The van der Waals surface area contributed by atoms with Crippen molar-refractivity contribution >= 4 is 28.5 Å². The summed E-state index contributed by atoms with van der Waals surface area (Å²) in [6.07, 6.45) is 4.57. The molecule has 19 heavy (non-hydrogen) atoms. The molecule has 0 aliphatic heterocycles. The number of halogens is 1. The summed E-state index contributed by atoms with van der Waals surface area (Å²) in [6.45, 7) is 0.673. The number of rotatable bonds is 8. The number of carbonyl (C=O) groups is 1. The maximum atomic E-state index is 11.8. The monoisotopic (exact) mass is 377 g/mol. The molecule has 106 valence electrons. The molecule has 0 saturated heterocycles. The highest BCUT2D eigenvalue weighted by Gasteiger charge is 2.08. The Hall–Kier alpha value is -0.980. The van der Waals surface area contributed by atoms with E-state index in [2.05, 4.69) is 27.9 Å². The average molecular weight is 377 g/mol. The van der Waals surface area contributed by atoms with Gasteiger partial charge in [0, 0.05) is 12.1 Å². The first-order valence-electron chi connectivity index (χ1n) is 6.40. The number of phenolic OH excluding ortho intramolecular Hbond substituents is 1. The molecule has 0 radical (unpaired) electrons. The molecule has 0 spiro atoms. The topological polar surface area (TPSA) is 58.6 Å². The van der Waals surface area contributed by atoms with Crippen molar-refractivity contribution in [3.63, 3.8) is 0 Å². The molecule has 0 saturated carbocycles. The zero-order valence-electron chi connectivity index (χ0n) is 11.1. The largest absolute Gasteiger partial charge is 0.504 e. The van der Waals surface area contributed by atoms with Crippen LogP contribution in [0.4, 0.5) is 0 Å². The van der Waals surface area contributed by atoms with Gasteiger partial charge in [0.05, 0.1) is 7.11 Å². The van der Waals surface area contributed by atoms with Crippen molar-refractivity contribution in [2.45, 2.75) is 25.7 Å². The Morgan fingerprint density at radius 1 is 1.32 bits per heavy atom. The minimum absolute atomic E-state index is 0.0165. The molecule has 1 amide bonds. The number of nitrogens with one attached hydrogen (secondary N) is 1. The van der Waals surface area contributed by atoms with E-state index < -0.39 is 0 Å². The maximum absolute atomic E-state index is 11.8. The van der Waals surface area contributed by atoms with Crippen molar-refractivity contribution < 1.29 is 14.6 Å². The molecule has 0 aliphatic rings. The Balaban J connectivity index is 2.35. The van der Waals surface area contributed by atoms with Crippen LogP contribution in [0.5, 0.6) is 11.5 Å². The Kier molecular flexibility index (Phi) is 7.62. The second-order valence-corrected chi connectivity index (χ2v) is 5.32. The van der Waals surface area contributed by atoms with Gasteiger partial charge in [-0.15, -0.1) is 0 Å². The van der Waals surface area contributed by atoms with Crippen molar-refractivity contribution in [1.29, 1.82) is 0 Å². The summed E-state index contributed by atoms with van der Waals surface area (Å²) < 4.78 is 6.12. The van der Waals surface area contributed by atoms with Crippen LogP contribution in [-0.4, -0.2) is 29.1 Å². The molecule has 0 heterocycles. The molecule has 1 rings (SSSR count). The number of methoxy groups -OCH3 is 1. The predicted octanol–water partition coefficient (Wildman–Crippen LogP) is 3.13. The summed E-state index contributed by atoms with van der Waals surface area (Å²) in [5, 5.41) is 12.5. The van der Waals surface area contributed by atoms with E-state index in [0.29, 0.717) is 17.9 Å². The summed E-state index contributed by atoms with van der Waals surface area (Å²) in [5.41, 5.74) is 0.450. The first kappa shape index (κ1) is 16.1. The highest BCUT2D eigenvalue weighted by Crippen LogP contribution is 2.26. The van der Waals surface area contributed by atoms with E-state index in [-0.39, 0.29) is 11.7 Å². The molecule has 0 bridgehead atoms. The van der Waals surface area contributed by atoms with Gasteiger partial charge in [0.2, 0.25) is 0 Å². The predicted molar refractivity (Wildman–Crippen MR) is 84.3 cm³/mol. The first-order chi connectivity index (χ1) is 9.19. The first-order valence-corrected chi connectivity index (χ1v) is 7.92. The standard InChI is InChI=1S/C14H20INO3/c1-19-13-7-6-11(10-12(13)17)14(18)16-9-5-3-2-4-8-15/h6-7,10,17H,2-5,8-9H2,1H3,(H,16,18). The van der Waals surface area contributed by atoms with Crippen molar-refractivity contribution in [2.24, 2.45) is 0 Å². The third kappa shape index (κ3) is 5.67. The lowest BCUT2D eigenvalue weighted by Crippen LogP contribution is -2.24. The minimum atomic E-state index is -0.160. The lowest BCUT2D eigenvalue weighted by Gasteiger charge is -2.07. The van der Waals surface area contributed by atoms with Crippen molar-refractivity contribution in [3.8, 4) is 11.5 Å². The van der Waals surface area contributed by atoms with E-state index in [0.717, 1.165) is 12.8 Å². The van der Waals surface area contributed by atoms with E-state index in [4.69, 9.17) is 4.74 Å². The Morgan fingerprint density at radius 3 is 2.68 bits per heavy atom. The average Bonchev–Trinajstić information content (AvgIpc) is 2.42. The summed E-state index contributed by atoms with van der Waals surface area (Å²) >= 11 is 2.37. The van der Waals surface area contributed by atoms with Crippen LogP contribution in [0.3, 0.4) is 0 Å². The lowest BCUT2D eigenvalue weighted by atomic mass is 10.1. The number of amides is 1. The van der Waals surface area contributed by atoms with E-state index >= 15 is 0 Å². The number of unbranched alkanes of at least 4 members (excludes halogenated alkanes) is 3. The zero-order valence-corrected chi connectivity index (χ0v) is 13.3. The van der Waals surface area contributed by atoms with Crippen LogP contribution < -0.4 is 10.1 Å². The van der Waals surface area contributed by atoms with Gasteiger partial charge in [-0.05, 0) is 35.5 Å². The van der Waals surface area contributed by atoms with Gasteiger partial charge >= 0.3 is 0 Å². The molecule has 0 unspecified atom stereocenters. The summed E-state index contributed by atoms with van der Waals surface area (Å²) in [5.74, 6) is 0.194.